The fourth-order valence-corrected chi connectivity index (χ4v) is 5.78. The Balaban J connectivity index is 1.60. The van der Waals surface area contributed by atoms with Gasteiger partial charge in [0.15, 0.2) is 0 Å². The lowest BCUT2D eigenvalue weighted by Crippen LogP contribution is -2.34. The van der Waals surface area contributed by atoms with Gasteiger partial charge in [0.2, 0.25) is 0 Å². The molecule has 5 nitrogen and oxygen atoms in total. The first-order chi connectivity index (χ1) is 14.3. The monoisotopic (exact) mass is 404 g/mol. The average molecular weight is 404 g/mol. The standard InChI is InChI=1S/C25H24O5/c1-25(2)8-7-15-17(11-18-16-10-14(26)5-6-19(16)29-24(18)28)22(27)20-12-3-4-13(9-12)21(20)23(15)30-25/h5-6,10-13,26-27H,3-4,7-9H2,1-2H3. The van der Waals surface area contributed by atoms with Crippen molar-refractivity contribution in [2.24, 2.45) is 0 Å². The molecule has 0 saturated heterocycles. The number of ether oxygens (including phenoxy) is 2. The van der Waals surface area contributed by atoms with Crippen molar-refractivity contribution in [1.82, 2.24) is 0 Å². The number of aromatic hydroxyl groups is 2. The van der Waals surface area contributed by atoms with Crippen LogP contribution in [0.3, 0.4) is 0 Å². The molecule has 0 radical (unpaired) electrons. The molecule has 30 heavy (non-hydrogen) atoms. The van der Waals surface area contributed by atoms with Crippen LogP contribution in [-0.4, -0.2) is 21.8 Å². The smallest absolute Gasteiger partial charge is 0.344 e. The zero-order valence-electron chi connectivity index (χ0n) is 17.1. The Morgan fingerprint density at radius 2 is 1.90 bits per heavy atom. The normalized spacial score (nSPS) is 26.2. The first-order valence-electron chi connectivity index (χ1n) is 10.7. The molecule has 2 atom stereocenters. The number of hydrogen-bond donors (Lipinski definition) is 2. The van der Waals surface area contributed by atoms with E-state index in [1.54, 1.807) is 12.1 Å². The molecule has 5 heteroatoms. The predicted molar refractivity (Wildman–Crippen MR) is 112 cm³/mol. The molecule has 2 bridgehead atoms. The second-order valence-electron chi connectivity index (χ2n) is 9.59. The van der Waals surface area contributed by atoms with Crippen molar-refractivity contribution in [1.29, 1.82) is 0 Å². The number of rotatable bonds is 1. The van der Waals surface area contributed by atoms with Gasteiger partial charge in [0, 0.05) is 27.8 Å². The Morgan fingerprint density at radius 1 is 1.13 bits per heavy atom. The molecule has 4 aliphatic rings. The van der Waals surface area contributed by atoms with Gasteiger partial charge in [-0.15, -0.1) is 0 Å². The van der Waals surface area contributed by atoms with E-state index in [1.165, 1.54) is 17.7 Å². The summed E-state index contributed by atoms with van der Waals surface area (Å²) in [7, 11) is 0. The summed E-state index contributed by atoms with van der Waals surface area (Å²) in [6.45, 7) is 4.21. The van der Waals surface area contributed by atoms with Crippen LogP contribution in [0.25, 0.3) is 11.6 Å². The molecule has 2 N–H and O–H groups in total. The van der Waals surface area contributed by atoms with Gasteiger partial charge in [0.1, 0.15) is 28.6 Å². The molecule has 1 fully saturated rings. The van der Waals surface area contributed by atoms with Crippen molar-refractivity contribution in [3.63, 3.8) is 0 Å². The lowest BCUT2D eigenvalue weighted by Gasteiger charge is -2.37. The van der Waals surface area contributed by atoms with E-state index in [-0.39, 0.29) is 17.1 Å². The molecule has 2 aromatic carbocycles. The summed E-state index contributed by atoms with van der Waals surface area (Å²) < 4.78 is 11.9. The maximum absolute atomic E-state index is 12.6. The van der Waals surface area contributed by atoms with E-state index in [2.05, 4.69) is 13.8 Å². The zero-order valence-corrected chi connectivity index (χ0v) is 17.1. The lowest BCUT2D eigenvalue weighted by atomic mass is 9.81. The van der Waals surface area contributed by atoms with Crippen molar-refractivity contribution in [2.75, 3.05) is 0 Å². The third kappa shape index (κ3) is 2.38. The van der Waals surface area contributed by atoms with E-state index in [4.69, 9.17) is 9.47 Å². The summed E-state index contributed by atoms with van der Waals surface area (Å²) in [4.78, 5) is 12.6. The summed E-state index contributed by atoms with van der Waals surface area (Å²) in [5.74, 6) is 2.04. The van der Waals surface area contributed by atoms with Crippen LogP contribution in [0.1, 0.15) is 79.2 Å². The zero-order chi connectivity index (χ0) is 20.8. The Kier molecular flexibility index (Phi) is 3.46. The summed E-state index contributed by atoms with van der Waals surface area (Å²) >= 11 is 0. The number of phenols is 2. The van der Waals surface area contributed by atoms with Gasteiger partial charge in [0.25, 0.3) is 0 Å². The predicted octanol–water partition coefficient (Wildman–Crippen LogP) is 5.03. The summed E-state index contributed by atoms with van der Waals surface area (Å²) in [5, 5.41) is 21.3. The maximum atomic E-state index is 12.6. The Labute approximate surface area is 174 Å². The highest BCUT2D eigenvalue weighted by Gasteiger charge is 2.45. The summed E-state index contributed by atoms with van der Waals surface area (Å²) in [6, 6.07) is 4.62. The van der Waals surface area contributed by atoms with Crippen molar-refractivity contribution in [3.8, 4) is 23.0 Å². The number of carbonyl (C=O) groups excluding carboxylic acids is 1. The fraction of sp³-hybridized carbons (Fsp3) is 0.400. The minimum Gasteiger partial charge on any atom is -0.508 e. The quantitative estimate of drug-likeness (QED) is 0.396. The van der Waals surface area contributed by atoms with E-state index in [0.29, 0.717) is 34.3 Å². The second-order valence-corrected chi connectivity index (χ2v) is 9.59. The second kappa shape index (κ2) is 5.81. The van der Waals surface area contributed by atoms with E-state index >= 15 is 0 Å². The molecule has 0 spiro atoms. The van der Waals surface area contributed by atoms with Gasteiger partial charge in [-0.1, -0.05) is 0 Å². The van der Waals surface area contributed by atoms with Crippen molar-refractivity contribution in [3.05, 3.63) is 46.0 Å². The molecule has 2 heterocycles. The first kappa shape index (κ1) is 17.9. The molecular weight excluding hydrogens is 380 g/mol. The molecule has 2 aliphatic carbocycles. The number of phenolic OH excluding ortho intramolecular Hbond substituents is 2. The molecule has 2 unspecified atom stereocenters. The van der Waals surface area contributed by atoms with Crippen molar-refractivity contribution in [2.45, 2.75) is 63.4 Å². The molecule has 0 aromatic heterocycles. The van der Waals surface area contributed by atoms with Gasteiger partial charge >= 0.3 is 5.97 Å². The highest BCUT2D eigenvalue weighted by Crippen LogP contribution is 2.62. The van der Waals surface area contributed by atoms with Crippen LogP contribution in [-0.2, 0) is 11.2 Å². The van der Waals surface area contributed by atoms with Crippen LogP contribution in [0.15, 0.2) is 18.2 Å². The van der Waals surface area contributed by atoms with Gasteiger partial charge in [0.05, 0.1) is 5.57 Å². The van der Waals surface area contributed by atoms with E-state index in [9.17, 15) is 15.0 Å². The van der Waals surface area contributed by atoms with Gasteiger partial charge in [-0.3, -0.25) is 0 Å². The van der Waals surface area contributed by atoms with Crippen LogP contribution in [0.4, 0.5) is 0 Å². The molecule has 6 rings (SSSR count). The van der Waals surface area contributed by atoms with Crippen LogP contribution in [0.2, 0.25) is 0 Å². The third-order valence-corrected chi connectivity index (χ3v) is 7.21. The minimum atomic E-state index is -0.470. The number of fused-ring (bicyclic) bond motifs is 8. The van der Waals surface area contributed by atoms with Crippen molar-refractivity contribution < 1.29 is 24.5 Å². The molecule has 1 saturated carbocycles. The molecule has 2 aliphatic heterocycles. The SMILES string of the molecule is CC1(C)CCc2c(C=C3C(=O)Oc4ccc(O)cc43)c(O)c3c(c2O1)C1CCC3C1. The highest BCUT2D eigenvalue weighted by molar-refractivity contribution is 6.26. The summed E-state index contributed by atoms with van der Waals surface area (Å²) in [5.41, 5.74) is 4.49. The number of carbonyl (C=O) groups is 1. The largest absolute Gasteiger partial charge is 0.508 e. The van der Waals surface area contributed by atoms with Gasteiger partial charge in [-0.2, -0.15) is 0 Å². The van der Waals surface area contributed by atoms with E-state index < -0.39 is 5.97 Å². The van der Waals surface area contributed by atoms with Crippen LogP contribution < -0.4 is 9.47 Å². The highest BCUT2D eigenvalue weighted by atomic mass is 16.5. The molecule has 0 amide bonds. The number of esters is 1. The number of benzene rings is 2. The minimum absolute atomic E-state index is 0.0700. The topological polar surface area (TPSA) is 76.0 Å². The van der Waals surface area contributed by atoms with E-state index in [0.717, 1.165) is 49.0 Å². The summed E-state index contributed by atoms with van der Waals surface area (Å²) in [6.07, 6.45) is 6.65. The van der Waals surface area contributed by atoms with Crippen LogP contribution in [0.5, 0.6) is 23.0 Å². The van der Waals surface area contributed by atoms with E-state index in [1.807, 2.05) is 0 Å². The average Bonchev–Trinajstić information content (AvgIpc) is 3.38. The van der Waals surface area contributed by atoms with Crippen molar-refractivity contribution >= 4 is 17.6 Å². The van der Waals surface area contributed by atoms with Gasteiger partial charge in [-0.05, 0) is 82.1 Å². The van der Waals surface area contributed by atoms with Crippen LogP contribution in [0, 0.1) is 0 Å². The maximum Gasteiger partial charge on any atom is 0.344 e. The molecular formula is C25H24O5. The molecule has 154 valence electrons. The Hall–Kier alpha value is -2.95. The molecule has 2 aromatic rings. The third-order valence-electron chi connectivity index (χ3n) is 7.21. The Bertz CT molecular complexity index is 1160. The lowest BCUT2D eigenvalue weighted by molar-refractivity contribution is -0.126. The Morgan fingerprint density at radius 3 is 2.70 bits per heavy atom. The van der Waals surface area contributed by atoms with Gasteiger partial charge < -0.3 is 19.7 Å². The first-order valence-corrected chi connectivity index (χ1v) is 10.7. The van der Waals surface area contributed by atoms with Gasteiger partial charge in [-0.25, -0.2) is 4.79 Å². The van der Waals surface area contributed by atoms with Crippen LogP contribution >= 0.6 is 0 Å². The fourth-order valence-electron chi connectivity index (χ4n) is 5.78. The number of hydrogen-bond acceptors (Lipinski definition) is 5.